The van der Waals surface area contributed by atoms with Crippen LogP contribution >= 0.6 is 11.6 Å². The van der Waals surface area contributed by atoms with Crippen LogP contribution in [0.5, 0.6) is 0 Å². The van der Waals surface area contributed by atoms with Gasteiger partial charge in [0.15, 0.2) is 0 Å². The fraction of sp³-hybridized carbons (Fsp3) is 0.500. The molecule has 0 rings (SSSR count). The van der Waals surface area contributed by atoms with Crippen LogP contribution in [0.4, 0.5) is 0 Å². The molecular formula is C12H23ClO. The second-order valence-electron chi connectivity index (χ2n) is 1.74. The predicted molar refractivity (Wildman–Crippen MR) is 67.6 cm³/mol. The van der Waals surface area contributed by atoms with Gasteiger partial charge < -0.3 is 4.74 Å². The molecule has 0 fully saturated rings. The molecule has 0 aromatic heterocycles. The number of hydrogen-bond donors (Lipinski definition) is 0. The van der Waals surface area contributed by atoms with Crippen molar-refractivity contribution >= 4 is 11.6 Å². The highest BCUT2D eigenvalue weighted by Gasteiger charge is 1.81. The van der Waals surface area contributed by atoms with E-state index >= 15 is 0 Å². The second-order valence-corrected chi connectivity index (χ2v) is 2.17. The molecule has 0 saturated heterocycles. The Morgan fingerprint density at radius 3 is 1.86 bits per heavy atom. The number of rotatable bonds is 3. The van der Waals surface area contributed by atoms with E-state index in [4.69, 9.17) is 16.3 Å². The summed E-state index contributed by atoms with van der Waals surface area (Å²) in [7, 11) is 1.61. The van der Waals surface area contributed by atoms with Crippen LogP contribution in [-0.4, -0.2) is 7.11 Å². The molecule has 0 spiro atoms. The molecule has 0 N–H and O–H groups in total. The first-order valence-corrected chi connectivity index (χ1v) is 5.29. The van der Waals surface area contributed by atoms with Crippen molar-refractivity contribution in [3.63, 3.8) is 0 Å². The Morgan fingerprint density at radius 1 is 1.14 bits per heavy atom. The number of hydrogen-bond acceptors (Lipinski definition) is 1. The maximum absolute atomic E-state index is 5.61. The van der Waals surface area contributed by atoms with Crippen LogP contribution in [0.3, 0.4) is 0 Å². The highest BCUT2D eigenvalue weighted by Crippen LogP contribution is 2.03. The number of halogens is 1. The number of allylic oxidation sites excluding steroid dienone is 5. The molecule has 14 heavy (non-hydrogen) atoms. The fourth-order valence-corrected chi connectivity index (χ4v) is 0.396. The van der Waals surface area contributed by atoms with Crippen LogP contribution in [0.2, 0.25) is 0 Å². The zero-order valence-electron chi connectivity index (χ0n) is 10.2. The third-order valence-electron chi connectivity index (χ3n) is 0.994. The van der Waals surface area contributed by atoms with Gasteiger partial charge in [-0.2, -0.15) is 0 Å². The Labute approximate surface area is 94.1 Å². The molecule has 0 heterocycles. The minimum Gasteiger partial charge on any atom is -0.501 e. The van der Waals surface area contributed by atoms with Crippen LogP contribution in [0, 0.1) is 0 Å². The molecule has 0 saturated carbocycles. The Kier molecular flexibility index (Phi) is 24.6. The summed E-state index contributed by atoms with van der Waals surface area (Å²) in [6.45, 7) is 13.3. The maximum atomic E-state index is 5.61. The molecule has 0 aliphatic heterocycles. The summed E-state index contributed by atoms with van der Waals surface area (Å²) in [6, 6.07) is 0. The first kappa shape index (κ1) is 19.0. The lowest BCUT2D eigenvalue weighted by atomic mass is 10.4. The van der Waals surface area contributed by atoms with Gasteiger partial charge in [-0.15, -0.1) is 0 Å². The molecule has 0 aromatic rings. The van der Waals surface area contributed by atoms with Gasteiger partial charge in [0.2, 0.25) is 0 Å². The monoisotopic (exact) mass is 218 g/mol. The van der Waals surface area contributed by atoms with Gasteiger partial charge in [0.1, 0.15) is 0 Å². The van der Waals surface area contributed by atoms with E-state index in [0.717, 1.165) is 5.76 Å². The predicted octanol–water partition coefficient (Wildman–Crippen LogP) is 4.90. The molecule has 1 nitrogen and oxygen atoms in total. The standard InChI is InChI=1S/C8H11ClO.2C2H6/c1-4-8(9)6-5-7(2)10-3;2*1-2/h4-6H,1H2,2-3H3;2*1-2H3/b7-5+,8-6+;;. The van der Waals surface area contributed by atoms with Crippen LogP contribution in [0.25, 0.3) is 0 Å². The molecular weight excluding hydrogens is 196 g/mol. The van der Waals surface area contributed by atoms with Gasteiger partial charge in [-0.05, 0) is 19.1 Å². The Bertz CT molecular complexity index is 169. The summed E-state index contributed by atoms with van der Waals surface area (Å²) in [5.74, 6) is 0.819. The summed E-state index contributed by atoms with van der Waals surface area (Å²) >= 11 is 5.61. The summed E-state index contributed by atoms with van der Waals surface area (Å²) in [4.78, 5) is 0. The number of methoxy groups -OCH3 is 1. The average molecular weight is 219 g/mol. The molecule has 0 aliphatic rings. The van der Waals surface area contributed by atoms with Crippen molar-refractivity contribution in [3.05, 3.63) is 35.6 Å². The molecule has 0 aliphatic carbocycles. The molecule has 2 heteroatoms. The summed E-state index contributed by atoms with van der Waals surface area (Å²) in [5.41, 5.74) is 0. The van der Waals surface area contributed by atoms with Crippen molar-refractivity contribution < 1.29 is 4.74 Å². The van der Waals surface area contributed by atoms with Gasteiger partial charge >= 0.3 is 0 Å². The second kappa shape index (κ2) is 18.2. The molecule has 0 unspecified atom stereocenters. The quantitative estimate of drug-likeness (QED) is 0.484. The van der Waals surface area contributed by atoms with Crippen LogP contribution in [-0.2, 0) is 4.74 Å². The lowest BCUT2D eigenvalue weighted by molar-refractivity contribution is 0.294. The normalized spacial score (nSPS) is 10.2. The summed E-state index contributed by atoms with van der Waals surface area (Å²) in [6.07, 6.45) is 5.08. The minimum atomic E-state index is 0.608. The molecule has 0 amide bonds. The van der Waals surface area contributed by atoms with E-state index in [0.29, 0.717) is 5.03 Å². The van der Waals surface area contributed by atoms with Gasteiger partial charge in [0.05, 0.1) is 12.9 Å². The van der Waals surface area contributed by atoms with E-state index in [1.54, 1.807) is 25.3 Å². The lowest BCUT2D eigenvalue weighted by Gasteiger charge is -1.93. The zero-order chi connectivity index (χ0) is 12.0. The third-order valence-corrected chi connectivity index (χ3v) is 1.27. The zero-order valence-corrected chi connectivity index (χ0v) is 11.0. The summed E-state index contributed by atoms with van der Waals surface area (Å²) in [5, 5.41) is 0.608. The van der Waals surface area contributed by atoms with Crippen molar-refractivity contribution in [2.45, 2.75) is 34.6 Å². The molecule has 0 atom stereocenters. The average Bonchev–Trinajstić information content (AvgIpc) is 2.30. The molecule has 0 radical (unpaired) electrons. The van der Waals surface area contributed by atoms with E-state index in [1.807, 2.05) is 34.6 Å². The van der Waals surface area contributed by atoms with E-state index in [9.17, 15) is 0 Å². The van der Waals surface area contributed by atoms with Gasteiger partial charge in [-0.3, -0.25) is 0 Å². The van der Waals surface area contributed by atoms with Crippen molar-refractivity contribution in [1.82, 2.24) is 0 Å². The maximum Gasteiger partial charge on any atom is 0.0925 e. The number of ether oxygens (including phenoxy) is 1. The largest absolute Gasteiger partial charge is 0.501 e. The van der Waals surface area contributed by atoms with Crippen molar-refractivity contribution in [2.75, 3.05) is 7.11 Å². The SMILES string of the molecule is C=C/C(Cl)=C\C=C(/C)OC.CC.CC. The van der Waals surface area contributed by atoms with Crippen molar-refractivity contribution in [1.29, 1.82) is 0 Å². The Hall–Kier alpha value is -0.690. The molecule has 0 aromatic carbocycles. The Morgan fingerprint density at radius 2 is 1.57 bits per heavy atom. The van der Waals surface area contributed by atoms with Crippen molar-refractivity contribution in [2.24, 2.45) is 0 Å². The third kappa shape index (κ3) is 17.4. The van der Waals surface area contributed by atoms with Crippen LogP contribution in [0.1, 0.15) is 34.6 Å². The van der Waals surface area contributed by atoms with E-state index in [1.165, 1.54) is 0 Å². The van der Waals surface area contributed by atoms with Gasteiger partial charge in [0, 0.05) is 5.03 Å². The fourth-order valence-electron chi connectivity index (χ4n) is 0.333. The van der Waals surface area contributed by atoms with E-state index < -0.39 is 0 Å². The van der Waals surface area contributed by atoms with Gasteiger partial charge in [-0.25, -0.2) is 0 Å². The minimum absolute atomic E-state index is 0.608. The first-order valence-electron chi connectivity index (χ1n) is 4.91. The Balaban J connectivity index is -0.000000266. The van der Waals surface area contributed by atoms with E-state index in [-0.39, 0.29) is 0 Å². The molecule has 84 valence electrons. The van der Waals surface area contributed by atoms with Crippen molar-refractivity contribution in [3.8, 4) is 0 Å². The van der Waals surface area contributed by atoms with Gasteiger partial charge in [-0.1, -0.05) is 52.0 Å². The van der Waals surface area contributed by atoms with Crippen LogP contribution in [0.15, 0.2) is 35.6 Å². The topological polar surface area (TPSA) is 9.23 Å². The smallest absolute Gasteiger partial charge is 0.0925 e. The highest BCUT2D eigenvalue weighted by atomic mass is 35.5. The first-order chi connectivity index (χ1) is 6.70. The van der Waals surface area contributed by atoms with Gasteiger partial charge in [0.25, 0.3) is 0 Å². The van der Waals surface area contributed by atoms with Crippen LogP contribution < -0.4 is 0 Å². The lowest BCUT2D eigenvalue weighted by Crippen LogP contribution is -1.76. The molecule has 0 bridgehead atoms. The van der Waals surface area contributed by atoms with E-state index in [2.05, 4.69) is 6.58 Å². The highest BCUT2D eigenvalue weighted by molar-refractivity contribution is 6.31. The summed E-state index contributed by atoms with van der Waals surface area (Å²) < 4.78 is 4.87.